The van der Waals surface area contributed by atoms with Crippen molar-refractivity contribution in [1.29, 1.82) is 0 Å². The number of rotatable bonds is 13. The summed E-state index contributed by atoms with van der Waals surface area (Å²) in [6.45, 7) is 9.17. The number of primary amides is 1. The van der Waals surface area contributed by atoms with E-state index >= 15 is 0 Å². The minimum Gasteiger partial charge on any atom is -0.458 e. The third-order valence-corrected chi connectivity index (χ3v) is 11.5. The second-order valence-corrected chi connectivity index (χ2v) is 16.6. The van der Waals surface area contributed by atoms with Gasteiger partial charge in [0.1, 0.15) is 23.7 Å². The molecular formula is C33H46F2N5O9PS. The molecule has 0 radical (unpaired) electrons. The second-order valence-electron chi connectivity index (χ2n) is 13.6. The number of ether oxygens (including phenoxy) is 1. The molecule has 2 aromatic rings. The van der Waals surface area contributed by atoms with Gasteiger partial charge in [-0.1, -0.05) is 13.0 Å². The highest BCUT2D eigenvalue weighted by Crippen LogP contribution is 2.63. The highest BCUT2D eigenvalue weighted by molar-refractivity contribution is 7.53. The number of nitrogens with two attached hydrogens (primary N) is 1. The van der Waals surface area contributed by atoms with E-state index in [9.17, 15) is 42.2 Å². The first-order valence-electron chi connectivity index (χ1n) is 16.8. The van der Waals surface area contributed by atoms with Crippen molar-refractivity contribution in [3.05, 3.63) is 34.7 Å². The molecule has 2 aliphatic rings. The van der Waals surface area contributed by atoms with E-state index in [0.717, 1.165) is 23.5 Å². The van der Waals surface area contributed by atoms with E-state index in [2.05, 4.69) is 15.2 Å². The molecule has 2 aliphatic heterocycles. The third kappa shape index (κ3) is 9.49. The molecule has 0 bridgehead atoms. The Morgan fingerprint density at radius 2 is 1.84 bits per heavy atom. The number of alkyl halides is 2. The summed E-state index contributed by atoms with van der Waals surface area (Å²) in [5.74, 6) is -3.14. The largest absolute Gasteiger partial charge is 0.458 e. The Morgan fingerprint density at radius 3 is 2.47 bits per heavy atom. The highest BCUT2D eigenvalue weighted by atomic mass is 32.1. The van der Waals surface area contributed by atoms with Crippen LogP contribution in [0.3, 0.4) is 0 Å². The minimum atomic E-state index is -5.33. The van der Waals surface area contributed by atoms with E-state index in [-0.39, 0.29) is 35.7 Å². The molecule has 1 aromatic carbocycles. The summed E-state index contributed by atoms with van der Waals surface area (Å²) >= 11 is 0.994. The maximum absolute atomic E-state index is 14.9. The number of likely N-dealkylation sites (N-methyl/N-ethyl adjacent to an activating group) is 1. The van der Waals surface area contributed by atoms with Gasteiger partial charge in [0.15, 0.2) is 0 Å². The number of amides is 4. The molecule has 5 atom stereocenters. The number of carbonyl (C=O) groups excluding carboxylic acids is 5. The van der Waals surface area contributed by atoms with Gasteiger partial charge in [-0.3, -0.25) is 23.7 Å². The van der Waals surface area contributed by atoms with Crippen LogP contribution < -0.4 is 16.4 Å². The van der Waals surface area contributed by atoms with Crippen LogP contribution in [0.25, 0.3) is 10.1 Å². The topological polar surface area (TPSA) is 198 Å². The van der Waals surface area contributed by atoms with Gasteiger partial charge < -0.3 is 40.3 Å². The Labute approximate surface area is 298 Å². The fraction of sp³-hybridized carbons (Fsp3) is 0.606. The lowest BCUT2D eigenvalue weighted by atomic mass is 10.1. The maximum atomic E-state index is 14.9. The van der Waals surface area contributed by atoms with E-state index in [0.29, 0.717) is 37.1 Å². The lowest BCUT2D eigenvalue weighted by Crippen LogP contribution is -2.61. The van der Waals surface area contributed by atoms with Crippen LogP contribution in [0.15, 0.2) is 24.3 Å². The Kier molecular flexibility index (Phi) is 12.7. The smallest absolute Gasteiger partial charge is 0.401 e. The number of benzene rings is 1. The Balaban J connectivity index is 1.57. The number of fused-ring (bicyclic) bond motifs is 2. The van der Waals surface area contributed by atoms with Crippen molar-refractivity contribution in [2.45, 2.75) is 102 Å². The molecule has 3 heterocycles. The molecule has 2 saturated heterocycles. The van der Waals surface area contributed by atoms with E-state index in [1.54, 1.807) is 20.8 Å². The predicted octanol–water partition coefficient (Wildman–Crippen LogP) is 3.45. The van der Waals surface area contributed by atoms with Crippen LogP contribution in [0.5, 0.6) is 0 Å². The average Bonchev–Trinajstić information content (AvgIpc) is 3.66. The van der Waals surface area contributed by atoms with Crippen LogP contribution >= 0.6 is 18.9 Å². The molecule has 14 nitrogen and oxygen atoms in total. The van der Waals surface area contributed by atoms with Crippen molar-refractivity contribution in [2.75, 3.05) is 26.2 Å². The Morgan fingerprint density at radius 1 is 1.14 bits per heavy atom. The number of hydrogen-bond donors (Lipinski definition) is 4. The molecule has 4 rings (SSSR count). The summed E-state index contributed by atoms with van der Waals surface area (Å²) < 4.78 is 52.4. The number of nitrogens with one attached hydrogen (secondary N) is 2. The van der Waals surface area contributed by atoms with Gasteiger partial charge in [0.2, 0.25) is 17.7 Å². The number of carbonyl (C=O) groups is 5. The number of thiophene rings is 1. The lowest BCUT2D eigenvalue weighted by Gasteiger charge is -2.38. The summed E-state index contributed by atoms with van der Waals surface area (Å²) in [7, 11) is -5.33. The van der Waals surface area contributed by atoms with Crippen LogP contribution in [0, 0.1) is 0 Å². The summed E-state index contributed by atoms with van der Waals surface area (Å²) in [6, 6.07) is 1.15. The van der Waals surface area contributed by atoms with Crippen molar-refractivity contribution in [2.24, 2.45) is 5.73 Å². The first-order valence-corrected chi connectivity index (χ1v) is 19.2. The lowest BCUT2D eigenvalue weighted by molar-refractivity contribution is -0.159. The molecule has 4 amide bonds. The van der Waals surface area contributed by atoms with Gasteiger partial charge >= 0.3 is 19.2 Å². The van der Waals surface area contributed by atoms with E-state index in [1.165, 1.54) is 24.0 Å². The van der Waals surface area contributed by atoms with Crippen LogP contribution in [0.1, 0.15) is 82.0 Å². The monoisotopic (exact) mass is 757 g/mol. The zero-order chi connectivity index (χ0) is 37.9. The highest BCUT2D eigenvalue weighted by Gasteiger charge is 2.52. The van der Waals surface area contributed by atoms with Crippen LogP contribution in [0.2, 0.25) is 0 Å². The van der Waals surface area contributed by atoms with Crippen molar-refractivity contribution < 1.29 is 51.5 Å². The molecule has 18 heteroatoms. The van der Waals surface area contributed by atoms with E-state index in [4.69, 9.17) is 10.5 Å². The van der Waals surface area contributed by atoms with Gasteiger partial charge in [-0.2, -0.15) is 8.78 Å². The van der Waals surface area contributed by atoms with Gasteiger partial charge in [0.25, 0.3) is 5.91 Å². The standard InChI is InChI=1S/C33H46F2N5O9PS/c1-6-39-15-14-21-9-11-24(28(42)37-22(10-13-27(36)41)31(45)49-32(3,4)5)40(21)30(44)23(18-39)38-29(43)26-17-19-16-20(8-12-25(19)51-26)33(34,35)50(46,47)48-7-2/h8,12,16-17,21-24H,6-7,9-11,13-15,18H2,1-5H3,(H2,36,41)(H,37,42)(H,38,43)(H,46,47)/t21-,22+,23+,24+/m1/s1. The molecule has 0 aliphatic carbocycles. The van der Waals surface area contributed by atoms with Gasteiger partial charge in [0, 0.05) is 35.8 Å². The van der Waals surface area contributed by atoms with Crippen molar-refractivity contribution >= 4 is 58.6 Å². The molecule has 2 fully saturated rings. The van der Waals surface area contributed by atoms with Crippen molar-refractivity contribution in [3.63, 3.8) is 0 Å². The fourth-order valence-corrected chi connectivity index (χ4v) is 8.18. The minimum absolute atomic E-state index is 0.0929. The summed E-state index contributed by atoms with van der Waals surface area (Å²) in [6.07, 6.45) is 1.12. The average molecular weight is 758 g/mol. The number of hydrogen-bond acceptors (Lipinski definition) is 10. The number of esters is 1. The summed E-state index contributed by atoms with van der Waals surface area (Å²) in [5.41, 5.74) is -0.507. The molecule has 1 unspecified atom stereocenters. The predicted molar refractivity (Wildman–Crippen MR) is 185 cm³/mol. The van der Waals surface area contributed by atoms with Crippen LogP contribution in [0.4, 0.5) is 8.78 Å². The molecule has 282 valence electrons. The van der Waals surface area contributed by atoms with E-state index in [1.807, 2.05) is 11.8 Å². The van der Waals surface area contributed by atoms with Gasteiger partial charge in [-0.25, -0.2) is 4.79 Å². The van der Waals surface area contributed by atoms with E-state index < -0.39 is 78.8 Å². The van der Waals surface area contributed by atoms with Gasteiger partial charge in [-0.15, -0.1) is 11.3 Å². The fourth-order valence-electron chi connectivity index (χ4n) is 6.26. The van der Waals surface area contributed by atoms with Crippen molar-refractivity contribution in [3.8, 4) is 0 Å². The first-order chi connectivity index (χ1) is 23.8. The molecule has 0 saturated carbocycles. The number of halogens is 2. The normalized spacial score (nSPS) is 22.0. The SMILES string of the molecule is CCOP(=O)(O)C(F)(F)c1ccc2sc(C(=O)N[C@H]3CN(CC)CC[C@H]4CC[C@@H](C(=O)N[C@@H](CCC(N)=O)C(=O)OC(C)(C)C)N4C3=O)cc2c1. The molecule has 1 aromatic heterocycles. The summed E-state index contributed by atoms with van der Waals surface area (Å²) in [4.78, 5) is 79.5. The second kappa shape index (κ2) is 16.0. The summed E-state index contributed by atoms with van der Waals surface area (Å²) in [5, 5.41) is 5.68. The van der Waals surface area contributed by atoms with Crippen molar-refractivity contribution in [1.82, 2.24) is 20.4 Å². The van der Waals surface area contributed by atoms with Gasteiger partial charge in [-0.05, 0) is 83.5 Å². The van der Waals surface area contributed by atoms with Crippen LogP contribution in [-0.4, -0.2) is 100 Å². The quantitative estimate of drug-likeness (QED) is 0.174. The molecule has 0 spiro atoms. The molecule has 51 heavy (non-hydrogen) atoms. The Bertz CT molecular complexity index is 1700. The first kappa shape index (κ1) is 40.3. The Hall–Kier alpha value is -3.50. The number of nitrogens with zero attached hydrogens (tertiary/aromatic N) is 2. The molecule has 5 N–H and O–H groups in total. The molecular weight excluding hydrogens is 711 g/mol. The van der Waals surface area contributed by atoms with Gasteiger partial charge in [0.05, 0.1) is 11.5 Å². The zero-order valence-corrected chi connectivity index (χ0v) is 31.0. The maximum Gasteiger partial charge on any atom is 0.401 e. The van der Waals surface area contributed by atoms with Crippen LogP contribution in [-0.2, 0) is 38.7 Å². The third-order valence-electron chi connectivity index (χ3n) is 8.76. The zero-order valence-electron chi connectivity index (χ0n) is 29.3.